The van der Waals surface area contributed by atoms with Crippen LogP contribution in [0.25, 0.3) is 0 Å². The van der Waals surface area contributed by atoms with Gasteiger partial charge in [0.05, 0.1) is 5.03 Å². The highest BCUT2D eigenvalue weighted by Crippen LogP contribution is 2.64. The number of amides is 1. The van der Waals surface area contributed by atoms with Crippen molar-refractivity contribution in [3.05, 3.63) is 74.7 Å². The first-order chi connectivity index (χ1) is 17.6. The van der Waals surface area contributed by atoms with Gasteiger partial charge in [-0.05, 0) is 80.7 Å². The molecule has 36 heavy (non-hydrogen) atoms. The number of aromatic nitrogens is 1. The minimum absolute atomic E-state index is 0.0206. The van der Waals surface area contributed by atoms with Crippen molar-refractivity contribution in [3.8, 4) is 0 Å². The van der Waals surface area contributed by atoms with Gasteiger partial charge in [0.25, 0.3) is 0 Å². The number of thiazole rings is 1. The second-order valence-electron chi connectivity index (χ2n) is 10.3. The molecule has 1 aliphatic heterocycles. The van der Waals surface area contributed by atoms with Crippen LogP contribution in [0.3, 0.4) is 0 Å². The summed E-state index contributed by atoms with van der Waals surface area (Å²) in [6.45, 7) is 6.42. The average Bonchev–Trinajstić information content (AvgIpc) is 3.59. The molecule has 1 amide bonds. The Hall–Kier alpha value is -2.51. The third kappa shape index (κ3) is 4.10. The number of nitrogens with one attached hydrogen (secondary N) is 1. The number of nitrogens with zero attached hydrogens (tertiary/aromatic N) is 2. The lowest BCUT2D eigenvalue weighted by Crippen LogP contribution is -2.35. The molecular weight excluding hydrogens is 486 g/mol. The summed E-state index contributed by atoms with van der Waals surface area (Å²) >= 11 is 3.25. The third-order valence-corrected chi connectivity index (χ3v) is 11.3. The summed E-state index contributed by atoms with van der Waals surface area (Å²) in [6, 6.07) is 18.5. The summed E-state index contributed by atoms with van der Waals surface area (Å²) in [5.41, 5.74) is 3.32. The topological polar surface area (TPSA) is 54.3 Å². The average molecular weight is 520 g/mol. The van der Waals surface area contributed by atoms with Crippen molar-refractivity contribution in [2.45, 2.75) is 55.8 Å². The van der Waals surface area contributed by atoms with E-state index in [1.54, 1.807) is 4.57 Å². The number of thioether (sulfide) groups is 1. The normalized spacial score (nSPS) is 25.9. The Morgan fingerprint density at radius 1 is 1.03 bits per heavy atom. The zero-order chi connectivity index (χ0) is 24.8. The number of hydrogen-bond acceptors (Lipinski definition) is 5. The van der Waals surface area contributed by atoms with Crippen LogP contribution in [-0.4, -0.2) is 28.8 Å². The van der Waals surface area contributed by atoms with Gasteiger partial charge < -0.3 is 10.2 Å². The Morgan fingerprint density at radius 2 is 1.75 bits per heavy atom. The van der Waals surface area contributed by atoms with Gasteiger partial charge in [-0.1, -0.05) is 41.7 Å². The van der Waals surface area contributed by atoms with E-state index in [4.69, 9.17) is 0 Å². The Bertz CT molecular complexity index is 1300. The molecule has 4 unspecified atom stereocenters. The molecule has 5 nitrogen and oxygen atoms in total. The molecule has 5 atom stereocenters. The van der Waals surface area contributed by atoms with Gasteiger partial charge in [-0.3, -0.25) is 14.2 Å². The Labute approximate surface area is 220 Å². The molecule has 2 bridgehead atoms. The van der Waals surface area contributed by atoms with Gasteiger partial charge in [0.1, 0.15) is 6.54 Å². The van der Waals surface area contributed by atoms with E-state index < -0.39 is 0 Å². The fourth-order valence-corrected chi connectivity index (χ4v) is 9.96. The molecule has 188 valence electrons. The SMILES string of the molecule is CCN(CC)c1ccc([C@@H]2c3sc(=O)n(CC(=O)Nc4ccccc4)c3SC3C4CCC(C4)C32)cc1. The summed E-state index contributed by atoms with van der Waals surface area (Å²) in [5.74, 6) is 2.12. The first kappa shape index (κ1) is 23.9. The molecule has 6 rings (SSSR count). The number of anilines is 2. The molecule has 2 aliphatic carbocycles. The zero-order valence-electron chi connectivity index (χ0n) is 20.9. The third-order valence-electron chi connectivity index (χ3n) is 8.43. The fourth-order valence-electron chi connectivity index (χ4n) is 6.81. The van der Waals surface area contributed by atoms with E-state index in [0.29, 0.717) is 11.2 Å². The van der Waals surface area contributed by atoms with E-state index in [1.807, 2.05) is 42.1 Å². The second-order valence-corrected chi connectivity index (χ2v) is 12.4. The van der Waals surface area contributed by atoms with Crippen molar-refractivity contribution in [1.82, 2.24) is 4.57 Å². The summed E-state index contributed by atoms with van der Waals surface area (Å²) in [7, 11) is 0. The number of benzene rings is 2. The van der Waals surface area contributed by atoms with Gasteiger partial charge in [0, 0.05) is 40.5 Å². The van der Waals surface area contributed by atoms with Crippen molar-refractivity contribution in [3.63, 3.8) is 0 Å². The summed E-state index contributed by atoms with van der Waals surface area (Å²) in [6.07, 6.45) is 3.92. The highest BCUT2D eigenvalue weighted by atomic mass is 32.2. The van der Waals surface area contributed by atoms with Crippen LogP contribution in [0.15, 0.2) is 64.4 Å². The molecule has 0 spiro atoms. The smallest absolute Gasteiger partial charge is 0.308 e. The van der Waals surface area contributed by atoms with Crippen LogP contribution < -0.4 is 15.1 Å². The van der Waals surface area contributed by atoms with E-state index in [2.05, 4.69) is 48.3 Å². The van der Waals surface area contributed by atoms with E-state index in [1.165, 1.54) is 46.7 Å². The summed E-state index contributed by atoms with van der Waals surface area (Å²) in [4.78, 5) is 29.7. The molecule has 2 heterocycles. The Kier molecular flexibility index (Phi) is 6.46. The lowest BCUT2D eigenvalue weighted by atomic mass is 9.75. The number of carbonyl (C=O) groups excluding carboxylic acids is 1. The number of carbonyl (C=O) groups is 1. The molecule has 2 saturated carbocycles. The molecule has 3 aromatic rings. The minimum Gasteiger partial charge on any atom is -0.372 e. The van der Waals surface area contributed by atoms with Crippen LogP contribution in [0.2, 0.25) is 0 Å². The number of rotatable bonds is 7. The Balaban J connectivity index is 1.35. The van der Waals surface area contributed by atoms with Crippen LogP contribution in [0.1, 0.15) is 49.5 Å². The fraction of sp³-hybridized carbons (Fsp3) is 0.448. The van der Waals surface area contributed by atoms with Gasteiger partial charge in [-0.2, -0.15) is 0 Å². The molecular formula is C29H33N3O2S2. The molecule has 2 aromatic carbocycles. The number of hydrogen-bond donors (Lipinski definition) is 1. The predicted octanol–water partition coefficient (Wildman–Crippen LogP) is 6.05. The maximum absolute atomic E-state index is 13.3. The van der Waals surface area contributed by atoms with E-state index in [0.717, 1.165) is 35.6 Å². The van der Waals surface area contributed by atoms with Crippen molar-refractivity contribution in [2.75, 3.05) is 23.3 Å². The summed E-state index contributed by atoms with van der Waals surface area (Å²) < 4.78 is 1.74. The first-order valence-corrected chi connectivity index (χ1v) is 14.9. The molecule has 1 N–H and O–H groups in total. The molecule has 0 saturated heterocycles. The van der Waals surface area contributed by atoms with E-state index in [-0.39, 0.29) is 23.2 Å². The van der Waals surface area contributed by atoms with Crippen molar-refractivity contribution < 1.29 is 4.79 Å². The van der Waals surface area contributed by atoms with Crippen LogP contribution in [0.5, 0.6) is 0 Å². The minimum atomic E-state index is -0.153. The maximum atomic E-state index is 13.3. The van der Waals surface area contributed by atoms with Gasteiger partial charge in [-0.25, -0.2) is 0 Å². The van der Waals surface area contributed by atoms with Crippen molar-refractivity contribution in [2.24, 2.45) is 17.8 Å². The van der Waals surface area contributed by atoms with Gasteiger partial charge >= 0.3 is 4.87 Å². The molecule has 3 aliphatic rings. The lowest BCUT2D eigenvalue weighted by Gasteiger charge is -2.40. The summed E-state index contributed by atoms with van der Waals surface area (Å²) in [5, 5.41) is 4.51. The quantitative estimate of drug-likeness (QED) is 0.413. The molecule has 7 heteroatoms. The van der Waals surface area contributed by atoms with Crippen LogP contribution in [0, 0.1) is 17.8 Å². The first-order valence-electron chi connectivity index (χ1n) is 13.2. The largest absolute Gasteiger partial charge is 0.372 e. The van der Waals surface area contributed by atoms with Gasteiger partial charge in [0.15, 0.2) is 0 Å². The van der Waals surface area contributed by atoms with E-state index in [9.17, 15) is 9.59 Å². The standard InChI is InChI=1S/C29H33N3O2S2/c1-3-31(4-2)22-14-12-18(13-15-22)24-25-19-10-11-20(16-19)26(25)35-28-27(24)36-29(34)32(28)17-23(33)30-21-8-6-5-7-9-21/h5-9,12-15,19-20,24-26H,3-4,10-11,16-17H2,1-2H3,(H,30,33)/t19?,20?,24-,25?,26?/m0/s1. The number of fused-ring (bicyclic) bond motifs is 6. The van der Waals surface area contributed by atoms with Crippen molar-refractivity contribution in [1.29, 1.82) is 0 Å². The van der Waals surface area contributed by atoms with Crippen molar-refractivity contribution >= 4 is 40.4 Å². The lowest BCUT2D eigenvalue weighted by molar-refractivity contribution is -0.116. The highest BCUT2D eigenvalue weighted by molar-refractivity contribution is 8.00. The number of para-hydroxylation sites is 1. The second kappa shape index (κ2) is 9.75. The molecule has 0 radical (unpaired) electrons. The van der Waals surface area contributed by atoms with Crippen LogP contribution in [-0.2, 0) is 11.3 Å². The predicted molar refractivity (Wildman–Crippen MR) is 149 cm³/mol. The van der Waals surface area contributed by atoms with Gasteiger partial charge in [-0.15, -0.1) is 11.8 Å². The van der Waals surface area contributed by atoms with E-state index >= 15 is 0 Å². The monoisotopic (exact) mass is 519 g/mol. The highest BCUT2D eigenvalue weighted by Gasteiger charge is 2.55. The zero-order valence-corrected chi connectivity index (χ0v) is 22.5. The maximum Gasteiger partial charge on any atom is 0.308 e. The van der Waals surface area contributed by atoms with Crippen LogP contribution in [0.4, 0.5) is 11.4 Å². The molecule has 1 aromatic heterocycles. The van der Waals surface area contributed by atoms with Gasteiger partial charge in [0.2, 0.25) is 5.91 Å². The Morgan fingerprint density at radius 3 is 2.47 bits per heavy atom. The molecule has 2 fully saturated rings. The van der Waals surface area contributed by atoms with Crippen LogP contribution >= 0.6 is 23.1 Å².